The number of carbonyl (C=O) groups is 2. The van der Waals surface area contributed by atoms with Crippen LogP contribution in [0.1, 0.15) is 53.1 Å². The van der Waals surface area contributed by atoms with Crippen LogP contribution in [0.2, 0.25) is 0 Å². The molecule has 1 heterocycles. The van der Waals surface area contributed by atoms with Gasteiger partial charge in [0.2, 0.25) is 5.91 Å². The van der Waals surface area contributed by atoms with Gasteiger partial charge >= 0.3 is 25.9 Å². The van der Waals surface area contributed by atoms with Crippen molar-refractivity contribution < 1.29 is 45.1 Å². The van der Waals surface area contributed by atoms with Gasteiger partial charge in [-0.1, -0.05) is 83.5 Å². The Morgan fingerprint density at radius 2 is 1.52 bits per heavy atom. The molecule has 0 radical (unpaired) electrons. The largest absolute Gasteiger partial charge is 4.00 e. The summed E-state index contributed by atoms with van der Waals surface area (Å²) in [6, 6.07) is 8.39. The van der Waals surface area contributed by atoms with Gasteiger partial charge in [-0.3, -0.25) is 4.79 Å². The van der Waals surface area contributed by atoms with Gasteiger partial charge in [0.05, 0.1) is 6.54 Å². The summed E-state index contributed by atoms with van der Waals surface area (Å²) in [6.07, 6.45) is -0.605. The quantitative estimate of drug-likeness (QED) is 0.515. The molecule has 1 fully saturated rings. The Bertz CT molecular complexity index is 644. The summed E-state index contributed by atoms with van der Waals surface area (Å²) in [7, 11) is 0. The first-order chi connectivity index (χ1) is 12.0. The van der Waals surface area contributed by atoms with Crippen molar-refractivity contribution >= 4 is 12.0 Å². The molecule has 1 saturated heterocycles. The van der Waals surface area contributed by atoms with E-state index >= 15 is 0 Å². The summed E-state index contributed by atoms with van der Waals surface area (Å²) in [5, 5.41) is 9.64. The van der Waals surface area contributed by atoms with Crippen molar-refractivity contribution in [3.63, 3.8) is 0 Å². The molecule has 1 aliphatic rings. The van der Waals surface area contributed by atoms with Gasteiger partial charge in [-0.15, -0.1) is 17.1 Å². The van der Waals surface area contributed by atoms with E-state index in [1.165, 1.54) is 0 Å². The summed E-state index contributed by atoms with van der Waals surface area (Å²) in [4.78, 5) is 26.3. The molecular weight excluding hydrogens is 552 g/mol. The zero-order valence-corrected chi connectivity index (χ0v) is 20.3. The Balaban J connectivity index is 0. The fourth-order valence-corrected chi connectivity index (χ4v) is 2.83. The molecule has 0 unspecified atom stereocenters. The van der Waals surface area contributed by atoms with Gasteiger partial charge in [0.1, 0.15) is 6.61 Å². The first kappa shape index (κ1) is 29.8. The predicted octanol–water partition coefficient (Wildman–Crippen LogP) is 4.06. The van der Waals surface area contributed by atoms with Gasteiger partial charge in [-0.05, 0) is 0 Å². The number of cyclic esters (lactones) is 1. The molecule has 1 aliphatic heterocycles. The Kier molecular flexibility index (Phi) is 12.1. The molecule has 0 spiro atoms. The van der Waals surface area contributed by atoms with Crippen molar-refractivity contribution in [1.82, 2.24) is 4.90 Å². The number of carbonyl (C=O) groups excluding carboxylic acids is 2. The second kappa shape index (κ2) is 11.7. The average Bonchev–Trinajstić information content (AvgIpc) is 2.95. The van der Waals surface area contributed by atoms with E-state index in [2.05, 4.69) is 0 Å². The fourth-order valence-electron chi connectivity index (χ4n) is 2.83. The van der Waals surface area contributed by atoms with Gasteiger partial charge in [0.25, 0.3) is 0 Å². The first-order valence-electron chi connectivity index (χ1n) is 8.95. The van der Waals surface area contributed by atoms with Gasteiger partial charge in [0.15, 0.2) is 0 Å². The van der Waals surface area contributed by atoms with Crippen LogP contribution in [0.15, 0.2) is 30.3 Å². The van der Waals surface area contributed by atoms with Crippen LogP contribution < -0.4 is 0 Å². The molecular formula is C20H31N3O5Os. The molecule has 2 N–H and O–H groups in total. The van der Waals surface area contributed by atoms with E-state index in [1.807, 2.05) is 71.9 Å². The van der Waals surface area contributed by atoms with Crippen LogP contribution in [0.4, 0.5) is 4.79 Å². The van der Waals surface area contributed by atoms with Gasteiger partial charge < -0.3 is 26.3 Å². The second-order valence-electron chi connectivity index (χ2n) is 8.50. The normalized spacial score (nSPS) is 15.9. The molecule has 2 amide bonds. The topological polar surface area (TPSA) is 135 Å². The first-order valence-corrected chi connectivity index (χ1v) is 8.95. The number of rotatable bonds is 5. The molecule has 2 atom stereocenters. The molecule has 1 aromatic rings. The molecule has 8 nitrogen and oxygen atoms in total. The van der Waals surface area contributed by atoms with Gasteiger partial charge in [-0.25, -0.2) is 9.69 Å². The SMILES string of the molecule is CC(C)(C)[N-][C@@H](C(=O)N1CCOC1=O)[C@@H]([N-]C(C)(C)C)c1ccccc1.[OH-].[OH-].[Os+4]. The van der Waals surface area contributed by atoms with Gasteiger partial charge in [-0.2, -0.15) is 0 Å². The van der Waals surface area contributed by atoms with Crippen LogP contribution in [0.3, 0.4) is 0 Å². The minimum Gasteiger partial charge on any atom is -0.870 e. The molecule has 9 heteroatoms. The monoisotopic (exact) mass is 585 g/mol. The summed E-state index contributed by atoms with van der Waals surface area (Å²) in [5.74, 6) is -0.357. The Hall–Kier alpha value is -1.36. The molecule has 1 aromatic carbocycles. The van der Waals surface area contributed by atoms with E-state index in [1.54, 1.807) is 0 Å². The Labute approximate surface area is 186 Å². The van der Waals surface area contributed by atoms with E-state index in [0.29, 0.717) is 0 Å². The van der Waals surface area contributed by atoms with Crippen molar-refractivity contribution in [1.29, 1.82) is 0 Å². The second-order valence-corrected chi connectivity index (χ2v) is 8.50. The van der Waals surface area contributed by atoms with Crippen molar-refractivity contribution in [2.45, 2.75) is 64.7 Å². The smallest absolute Gasteiger partial charge is 0.870 e. The van der Waals surface area contributed by atoms with Crippen LogP contribution in [0, 0.1) is 0 Å². The number of nitrogens with zero attached hydrogens (tertiary/aromatic N) is 3. The minimum atomic E-state index is -0.790. The van der Waals surface area contributed by atoms with E-state index in [9.17, 15) is 9.59 Å². The molecule has 0 aliphatic carbocycles. The standard InChI is InChI=1S/C20H29N3O3.2H2O.Os/c1-19(2,3)21-15(14-10-8-7-9-11-14)16(22-20(4,5)6)17(24)23-12-13-26-18(23)25;;;/h7-11,15-16H,12-13H2,1-6H3;2*1H2;/q-2;;;+4/p-2/t15-,16+;;;/m0.../s1. The van der Waals surface area contributed by atoms with Crippen molar-refractivity contribution in [2.24, 2.45) is 0 Å². The van der Waals surface area contributed by atoms with Crippen molar-refractivity contribution in [3.8, 4) is 0 Å². The molecule has 0 aromatic heterocycles. The van der Waals surface area contributed by atoms with Crippen LogP contribution in [-0.4, -0.2) is 58.1 Å². The number of amides is 2. The number of benzene rings is 1. The average molecular weight is 584 g/mol. The van der Waals surface area contributed by atoms with E-state index in [4.69, 9.17) is 15.4 Å². The molecule has 29 heavy (non-hydrogen) atoms. The molecule has 2 rings (SSSR count). The minimum absolute atomic E-state index is 0. The summed E-state index contributed by atoms with van der Waals surface area (Å²) in [5.41, 5.74) is 0.0869. The Morgan fingerprint density at radius 3 is 1.93 bits per heavy atom. The van der Waals surface area contributed by atoms with Crippen LogP contribution >= 0.6 is 0 Å². The van der Waals surface area contributed by atoms with Crippen molar-refractivity contribution in [3.05, 3.63) is 46.5 Å². The summed E-state index contributed by atoms with van der Waals surface area (Å²) < 4.78 is 4.95. The third-order valence-electron chi connectivity index (χ3n) is 3.77. The number of ether oxygens (including phenoxy) is 1. The number of hydrogen-bond acceptors (Lipinski definition) is 5. The maximum Gasteiger partial charge on any atom is 4.00 e. The number of imide groups is 1. The van der Waals surface area contributed by atoms with Crippen LogP contribution in [0.25, 0.3) is 10.6 Å². The zero-order valence-electron chi connectivity index (χ0n) is 17.8. The fraction of sp³-hybridized carbons (Fsp3) is 0.600. The third kappa shape index (κ3) is 8.89. The van der Waals surface area contributed by atoms with Gasteiger partial charge in [0, 0.05) is 0 Å². The van der Waals surface area contributed by atoms with E-state index in [-0.39, 0.29) is 55.3 Å². The third-order valence-corrected chi connectivity index (χ3v) is 3.77. The van der Waals surface area contributed by atoms with E-state index in [0.717, 1.165) is 10.5 Å². The summed E-state index contributed by atoms with van der Waals surface area (Å²) in [6.45, 7) is 12.3. The van der Waals surface area contributed by atoms with Crippen molar-refractivity contribution in [2.75, 3.05) is 13.2 Å². The Morgan fingerprint density at radius 1 is 1.00 bits per heavy atom. The predicted molar refractivity (Wildman–Crippen MR) is 106 cm³/mol. The summed E-state index contributed by atoms with van der Waals surface area (Å²) >= 11 is 0. The van der Waals surface area contributed by atoms with Crippen LogP contribution in [0.5, 0.6) is 0 Å². The van der Waals surface area contributed by atoms with Crippen LogP contribution in [-0.2, 0) is 29.3 Å². The zero-order chi connectivity index (χ0) is 19.5. The molecule has 0 saturated carbocycles. The number of hydrogen-bond donors (Lipinski definition) is 0. The molecule has 0 bridgehead atoms. The maximum absolute atomic E-state index is 13.2. The molecule has 164 valence electrons. The maximum atomic E-state index is 13.2. The van der Waals surface area contributed by atoms with E-state index < -0.39 is 23.7 Å².